The first-order chi connectivity index (χ1) is 20.4. The molecule has 0 spiro atoms. The fourth-order valence-electron chi connectivity index (χ4n) is 2.53. The molecule has 0 amide bonds. The highest BCUT2D eigenvalue weighted by molar-refractivity contribution is 5.91. The van der Waals surface area contributed by atoms with Crippen molar-refractivity contribution in [1.29, 1.82) is 0 Å². The van der Waals surface area contributed by atoms with Gasteiger partial charge in [-0.3, -0.25) is 4.79 Å². The number of benzene rings is 2. The zero-order valence-electron chi connectivity index (χ0n) is 30.4. The van der Waals surface area contributed by atoms with E-state index in [1.54, 1.807) is 12.1 Å². The van der Waals surface area contributed by atoms with Gasteiger partial charge in [0.25, 0.3) is 0 Å². The monoisotopic (exact) mass is 595 g/mol. The minimum absolute atomic E-state index is 0.137. The first-order valence-electron chi connectivity index (χ1n) is 16.0. The van der Waals surface area contributed by atoms with Crippen LogP contribution in [0.4, 0.5) is 4.39 Å². The van der Waals surface area contributed by atoms with E-state index in [9.17, 15) is 9.18 Å². The first kappa shape index (κ1) is 49.5. The van der Waals surface area contributed by atoms with Gasteiger partial charge >= 0.3 is 0 Å². The summed E-state index contributed by atoms with van der Waals surface area (Å²) in [4.78, 5) is 10.6. The topological polar surface area (TPSA) is 17.1 Å². The number of unbranched alkanes of at least 4 members (excludes halogenated alkanes) is 2. The third-order valence-corrected chi connectivity index (χ3v) is 5.42. The van der Waals surface area contributed by atoms with Crippen LogP contribution in [0.25, 0.3) is 0 Å². The lowest BCUT2D eigenvalue weighted by Crippen LogP contribution is -1.98. The third kappa shape index (κ3) is 41.0. The lowest BCUT2D eigenvalue weighted by atomic mass is 10.0. The van der Waals surface area contributed by atoms with E-state index in [1.807, 2.05) is 66.7 Å². The Labute approximate surface area is 268 Å². The molecule has 0 atom stereocenters. The molecule has 0 fully saturated rings. The van der Waals surface area contributed by atoms with Gasteiger partial charge in [-0.25, -0.2) is 4.39 Å². The molecule has 0 aromatic heterocycles. The Morgan fingerprint density at radius 3 is 1.44 bits per heavy atom. The summed E-state index contributed by atoms with van der Waals surface area (Å²) in [6.07, 6.45) is 21.4. The molecule has 0 bridgehead atoms. The molecular formula is C41H67FO. The average Bonchev–Trinajstić information content (AvgIpc) is 3.02. The summed E-state index contributed by atoms with van der Waals surface area (Å²) in [7, 11) is 0. The van der Waals surface area contributed by atoms with Crippen molar-refractivity contribution >= 4 is 5.78 Å². The number of hydrogen-bond acceptors (Lipinski definition) is 1. The normalized spacial score (nSPS) is 11.1. The smallest absolute Gasteiger partial charge is 0.156 e. The minimum atomic E-state index is -0.137. The summed E-state index contributed by atoms with van der Waals surface area (Å²) in [5, 5.41) is 0. The van der Waals surface area contributed by atoms with Crippen LogP contribution < -0.4 is 0 Å². The second kappa shape index (κ2) is 38.8. The fourth-order valence-corrected chi connectivity index (χ4v) is 2.53. The van der Waals surface area contributed by atoms with Crippen LogP contribution in [-0.4, -0.2) is 5.78 Å². The van der Waals surface area contributed by atoms with Gasteiger partial charge in [-0.1, -0.05) is 139 Å². The summed E-state index contributed by atoms with van der Waals surface area (Å²) in [6.45, 7) is 30.4. The highest BCUT2D eigenvalue weighted by atomic mass is 19.1. The van der Waals surface area contributed by atoms with Crippen molar-refractivity contribution in [3.05, 3.63) is 106 Å². The molecular weight excluding hydrogens is 527 g/mol. The van der Waals surface area contributed by atoms with Gasteiger partial charge in [0.2, 0.25) is 0 Å². The van der Waals surface area contributed by atoms with Crippen molar-refractivity contribution in [2.24, 2.45) is 0 Å². The maximum atomic E-state index is 12.5. The van der Waals surface area contributed by atoms with Gasteiger partial charge in [-0.05, 0) is 83.7 Å². The van der Waals surface area contributed by atoms with E-state index < -0.39 is 0 Å². The summed E-state index contributed by atoms with van der Waals surface area (Å²) in [6, 6.07) is 13.4. The van der Waals surface area contributed by atoms with Crippen molar-refractivity contribution in [2.45, 2.75) is 135 Å². The molecule has 2 aromatic carbocycles. The number of carbonyl (C=O) groups is 1. The van der Waals surface area contributed by atoms with Gasteiger partial charge in [-0.15, -0.1) is 19.4 Å². The lowest BCUT2D eigenvalue weighted by molar-refractivity contribution is -0.114. The van der Waals surface area contributed by atoms with Crippen molar-refractivity contribution in [3.63, 3.8) is 0 Å². The standard InChI is InChI=1S/C9H11F.C8H10O.C8H10.C4H8.2C4H10.C2H6.C2H2/c1-3-8-6-9(10)5-4-7(8)2;1-2-7-3-5-8(9)6-4-7;1-7-3-5-8(2)6-4-7;1-4(2)3;2*1-3-4-2;2*1-2/h4-6H,3H2,1-2H3;2-3,5H,4,6H2,1H3;3-6H,1-2H3;1H2,2-3H3;2*3-4H2,1-2H3;1-2H3;1-2H/b;7-2-;;;;;;. The maximum Gasteiger partial charge on any atom is 0.156 e. The summed E-state index contributed by atoms with van der Waals surface area (Å²) in [5.41, 5.74) is 7.37. The number of ketones is 1. The molecule has 0 N–H and O–H groups in total. The van der Waals surface area contributed by atoms with E-state index in [0.717, 1.165) is 18.4 Å². The van der Waals surface area contributed by atoms with E-state index in [1.165, 1.54) is 59.6 Å². The summed E-state index contributed by atoms with van der Waals surface area (Å²) < 4.78 is 12.5. The highest BCUT2D eigenvalue weighted by Crippen LogP contribution is 2.12. The zero-order valence-corrected chi connectivity index (χ0v) is 30.4. The second-order valence-corrected chi connectivity index (χ2v) is 9.95. The molecule has 2 heteroatoms. The Balaban J connectivity index is -0.000000136. The number of aryl methyl sites for hydroxylation is 4. The largest absolute Gasteiger partial charge is 0.295 e. The van der Waals surface area contributed by atoms with Gasteiger partial charge in [-0.2, -0.15) is 0 Å². The highest BCUT2D eigenvalue weighted by Gasteiger charge is 2.03. The Morgan fingerprint density at radius 1 is 0.791 bits per heavy atom. The van der Waals surface area contributed by atoms with Crippen molar-refractivity contribution in [2.75, 3.05) is 0 Å². The van der Waals surface area contributed by atoms with Gasteiger partial charge in [0, 0.05) is 6.42 Å². The van der Waals surface area contributed by atoms with Crippen molar-refractivity contribution in [1.82, 2.24) is 0 Å². The van der Waals surface area contributed by atoms with E-state index >= 15 is 0 Å². The average molecular weight is 595 g/mol. The SMILES string of the molecule is C#C.C/C=C1/C=CC(=O)CC1.C=C(C)C.CC.CCCC.CCCC.CCc1cc(F)ccc1C.Cc1ccc(C)cc1. The number of carbonyl (C=O) groups excluding carboxylic acids is 1. The van der Waals surface area contributed by atoms with E-state index in [2.05, 4.69) is 85.2 Å². The van der Waals surface area contributed by atoms with Gasteiger partial charge in [0.1, 0.15) is 5.82 Å². The molecule has 3 rings (SSSR count). The number of halogens is 1. The zero-order chi connectivity index (χ0) is 34.6. The summed E-state index contributed by atoms with van der Waals surface area (Å²) in [5.74, 6) is 0.114. The molecule has 0 unspecified atom stereocenters. The van der Waals surface area contributed by atoms with E-state index in [4.69, 9.17) is 0 Å². The summed E-state index contributed by atoms with van der Waals surface area (Å²) >= 11 is 0. The van der Waals surface area contributed by atoms with Gasteiger partial charge in [0.05, 0.1) is 0 Å². The molecule has 0 radical (unpaired) electrons. The van der Waals surface area contributed by atoms with Gasteiger partial charge < -0.3 is 0 Å². The van der Waals surface area contributed by atoms with Crippen LogP contribution in [0.5, 0.6) is 0 Å². The third-order valence-electron chi connectivity index (χ3n) is 5.42. The van der Waals surface area contributed by atoms with Gasteiger partial charge in [0.15, 0.2) is 5.78 Å². The Hall–Kier alpha value is -3.18. The fraction of sp³-hybridized carbons (Fsp3) is 0.488. The number of hydrogen-bond donors (Lipinski definition) is 0. The maximum absolute atomic E-state index is 12.5. The Kier molecular flexibility index (Phi) is 44.7. The molecule has 1 aliphatic carbocycles. The lowest BCUT2D eigenvalue weighted by Gasteiger charge is -2.03. The second-order valence-electron chi connectivity index (χ2n) is 9.95. The van der Waals surface area contributed by atoms with Crippen LogP contribution in [0.3, 0.4) is 0 Å². The molecule has 0 saturated carbocycles. The van der Waals surface area contributed by atoms with Crippen LogP contribution >= 0.6 is 0 Å². The van der Waals surface area contributed by atoms with Crippen molar-refractivity contribution in [3.8, 4) is 12.8 Å². The van der Waals surface area contributed by atoms with E-state index in [-0.39, 0.29) is 11.6 Å². The number of allylic oxidation sites excluding steroid dienone is 5. The predicted octanol–water partition coefficient (Wildman–Crippen LogP) is 13.3. The van der Waals surface area contributed by atoms with Crippen molar-refractivity contribution < 1.29 is 9.18 Å². The molecule has 2 aromatic rings. The predicted molar refractivity (Wildman–Crippen MR) is 196 cm³/mol. The van der Waals surface area contributed by atoms with E-state index in [0.29, 0.717) is 6.42 Å². The Morgan fingerprint density at radius 2 is 1.19 bits per heavy atom. The van der Waals surface area contributed by atoms with Crippen LogP contribution in [0, 0.1) is 39.4 Å². The Bertz CT molecular complexity index is 942. The molecule has 0 saturated heterocycles. The molecule has 1 aliphatic rings. The minimum Gasteiger partial charge on any atom is -0.295 e. The molecule has 43 heavy (non-hydrogen) atoms. The first-order valence-corrected chi connectivity index (χ1v) is 16.0. The molecule has 0 aliphatic heterocycles. The quantitative estimate of drug-likeness (QED) is 0.255. The number of terminal acetylenes is 1. The van der Waals surface area contributed by atoms with Crippen LogP contribution in [0.2, 0.25) is 0 Å². The van der Waals surface area contributed by atoms with Crippen LogP contribution in [-0.2, 0) is 11.2 Å². The molecule has 0 heterocycles. The molecule has 244 valence electrons. The van der Waals surface area contributed by atoms with Crippen LogP contribution in [0.1, 0.15) is 130 Å². The number of rotatable bonds is 3. The van der Waals surface area contributed by atoms with Crippen LogP contribution in [0.15, 0.2) is 78.4 Å². The molecule has 1 nitrogen and oxygen atoms in total.